The third-order valence-corrected chi connectivity index (χ3v) is 3.69. The topological polar surface area (TPSA) is 65.9 Å². The lowest BCUT2D eigenvalue weighted by molar-refractivity contribution is 0.0672. The number of aliphatic imine (C=N–C) groups is 1. The number of ether oxygens (including phenoxy) is 1. The van der Waals surface area contributed by atoms with Crippen LogP contribution in [-0.2, 0) is 5.60 Å². The average molecular weight is 469 g/mol. The third-order valence-electron chi connectivity index (χ3n) is 3.69. The van der Waals surface area contributed by atoms with Gasteiger partial charge in [0.2, 0.25) is 0 Å². The molecule has 0 radical (unpaired) electrons. The Labute approximate surface area is 172 Å². The SMILES string of the molecule is CCNC(=NCC(C)(O)c1ccccc1)NCCOc1ccccc1.I. The molecule has 5 nitrogen and oxygen atoms in total. The summed E-state index contributed by atoms with van der Waals surface area (Å²) < 4.78 is 5.65. The van der Waals surface area contributed by atoms with Crippen LogP contribution < -0.4 is 15.4 Å². The Kier molecular flexibility index (Phi) is 10.0. The first-order chi connectivity index (χ1) is 12.1. The van der Waals surface area contributed by atoms with Gasteiger partial charge in [0.25, 0.3) is 0 Å². The summed E-state index contributed by atoms with van der Waals surface area (Å²) >= 11 is 0. The fraction of sp³-hybridized carbons (Fsp3) is 0.350. The van der Waals surface area contributed by atoms with Gasteiger partial charge in [-0.2, -0.15) is 0 Å². The largest absolute Gasteiger partial charge is 0.492 e. The first-order valence-electron chi connectivity index (χ1n) is 8.60. The molecule has 0 aliphatic heterocycles. The lowest BCUT2D eigenvalue weighted by Crippen LogP contribution is -2.40. The minimum atomic E-state index is -1.01. The summed E-state index contributed by atoms with van der Waals surface area (Å²) in [5.74, 6) is 1.51. The maximum Gasteiger partial charge on any atom is 0.191 e. The van der Waals surface area contributed by atoms with Gasteiger partial charge in [-0.15, -0.1) is 24.0 Å². The summed E-state index contributed by atoms with van der Waals surface area (Å²) in [6.45, 7) is 5.95. The Morgan fingerprint density at radius 2 is 1.65 bits per heavy atom. The molecule has 142 valence electrons. The maximum absolute atomic E-state index is 10.6. The molecule has 1 atom stereocenters. The summed E-state index contributed by atoms with van der Waals surface area (Å²) in [4.78, 5) is 4.49. The highest BCUT2D eigenvalue weighted by atomic mass is 127. The molecule has 6 heteroatoms. The molecule has 1 unspecified atom stereocenters. The van der Waals surface area contributed by atoms with E-state index in [0.717, 1.165) is 17.9 Å². The highest BCUT2D eigenvalue weighted by molar-refractivity contribution is 14.0. The monoisotopic (exact) mass is 469 g/mol. The van der Waals surface area contributed by atoms with Crippen molar-refractivity contribution in [1.29, 1.82) is 0 Å². The predicted molar refractivity (Wildman–Crippen MR) is 117 cm³/mol. The van der Waals surface area contributed by atoms with E-state index in [4.69, 9.17) is 4.74 Å². The van der Waals surface area contributed by atoms with Crippen LogP contribution in [0.3, 0.4) is 0 Å². The number of benzene rings is 2. The standard InChI is InChI=1S/C20H27N3O2.HI/c1-3-21-19(22-14-15-25-18-12-8-5-9-13-18)23-16-20(2,24)17-10-6-4-7-11-17;/h4-13,24H,3,14-16H2,1-2H3,(H2,21,22,23);1H. The first kappa shape index (κ1) is 22.2. The lowest BCUT2D eigenvalue weighted by Gasteiger charge is -2.22. The van der Waals surface area contributed by atoms with E-state index in [-0.39, 0.29) is 30.5 Å². The maximum atomic E-state index is 10.6. The fourth-order valence-corrected chi connectivity index (χ4v) is 2.32. The number of hydrogen-bond acceptors (Lipinski definition) is 3. The van der Waals surface area contributed by atoms with Crippen LogP contribution in [0.25, 0.3) is 0 Å². The van der Waals surface area contributed by atoms with Crippen molar-refractivity contribution in [3.63, 3.8) is 0 Å². The molecule has 0 spiro atoms. The summed E-state index contributed by atoms with van der Waals surface area (Å²) in [6, 6.07) is 19.3. The molecule has 0 amide bonds. The molecule has 26 heavy (non-hydrogen) atoms. The number of guanidine groups is 1. The average Bonchev–Trinajstić information content (AvgIpc) is 2.65. The molecule has 0 aliphatic rings. The van der Waals surface area contributed by atoms with Gasteiger partial charge in [0, 0.05) is 6.54 Å². The molecule has 0 fully saturated rings. The van der Waals surface area contributed by atoms with Crippen LogP contribution in [-0.4, -0.2) is 37.3 Å². The summed E-state index contributed by atoms with van der Waals surface area (Å²) in [7, 11) is 0. The molecule has 0 saturated heterocycles. The number of para-hydroxylation sites is 1. The minimum Gasteiger partial charge on any atom is -0.492 e. The van der Waals surface area contributed by atoms with Gasteiger partial charge >= 0.3 is 0 Å². The van der Waals surface area contributed by atoms with Gasteiger partial charge in [-0.3, -0.25) is 0 Å². The molecule has 0 heterocycles. The number of halogens is 1. The van der Waals surface area contributed by atoms with E-state index in [9.17, 15) is 5.11 Å². The van der Waals surface area contributed by atoms with E-state index < -0.39 is 5.60 Å². The van der Waals surface area contributed by atoms with Crippen molar-refractivity contribution >= 4 is 29.9 Å². The highest BCUT2D eigenvalue weighted by Crippen LogP contribution is 2.20. The number of hydrogen-bond donors (Lipinski definition) is 3. The number of aliphatic hydroxyl groups is 1. The van der Waals surface area contributed by atoms with Crippen molar-refractivity contribution in [2.75, 3.05) is 26.2 Å². The van der Waals surface area contributed by atoms with Crippen molar-refractivity contribution in [2.24, 2.45) is 4.99 Å². The summed E-state index contributed by atoms with van der Waals surface area (Å²) in [5.41, 5.74) is -0.161. The number of nitrogens with zero attached hydrogens (tertiary/aromatic N) is 1. The third kappa shape index (κ3) is 7.61. The van der Waals surface area contributed by atoms with Gasteiger partial charge in [0.05, 0.1) is 13.1 Å². The van der Waals surface area contributed by atoms with Crippen LogP contribution in [0.15, 0.2) is 65.7 Å². The van der Waals surface area contributed by atoms with Gasteiger partial charge in [-0.1, -0.05) is 48.5 Å². The molecule has 0 aromatic heterocycles. The second-order valence-electron chi connectivity index (χ2n) is 5.92. The van der Waals surface area contributed by atoms with Crippen LogP contribution in [0.2, 0.25) is 0 Å². The normalized spacial score (nSPS) is 13.3. The Balaban J connectivity index is 0.00000338. The fourth-order valence-electron chi connectivity index (χ4n) is 2.32. The van der Waals surface area contributed by atoms with Crippen molar-refractivity contribution in [3.05, 3.63) is 66.2 Å². The van der Waals surface area contributed by atoms with E-state index in [1.165, 1.54) is 0 Å². The van der Waals surface area contributed by atoms with Gasteiger partial charge in [0.1, 0.15) is 18.0 Å². The molecule has 2 aromatic rings. The quantitative estimate of drug-likeness (QED) is 0.241. The van der Waals surface area contributed by atoms with Crippen molar-refractivity contribution in [2.45, 2.75) is 19.4 Å². The summed E-state index contributed by atoms with van der Waals surface area (Å²) in [5, 5.41) is 17.0. The minimum absolute atomic E-state index is 0. The Hall–Kier alpha value is -1.80. The van der Waals surface area contributed by atoms with E-state index in [1.807, 2.05) is 67.6 Å². The van der Waals surface area contributed by atoms with E-state index in [1.54, 1.807) is 6.92 Å². The van der Waals surface area contributed by atoms with Crippen molar-refractivity contribution < 1.29 is 9.84 Å². The smallest absolute Gasteiger partial charge is 0.191 e. The van der Waals surface area contributed by atoms with Crippen molar-refractivity contribution in [3.8, 4) is 5.75 Å². The molecular weight excluding hydrogens is 441 g/mol. The van der Waals surface area contributed by atoms with Crippen LogP contribution in [0.4, 0.5) is 0 Å². The lowest BCUT2D eigenvalue weighted by atomic mass is 9.96. The zero-order chi connectivity index (χ0) is 18.0. The molecule has 2 rings (SSSR count). The number of rotatable bonds is 8. The number of nitrogens with one attached hydrogen (secondary N) is 2. The molecular formula is C20H28IN3O2. The zero-order valence-electron chi connectivity index (χ0n) is 15.3. The molecule has 2 aromatic carbocycles. The van der Waals surface area contributed by atoms with E-state index >= 15 is 0 Å². The highest BCUT2D eigenvalue weighted by Gasteiger charge is 2.22. The van der Waals surface area contributed by atoms with Crippen LogP contribution in [0, 0.1) is 0 Å². The first-order valence-corrected chi connectivity index (χ1v) is 8.60. The van der Waals surface area contributed by atoms with E-state index in [0.29, 0.717) is 19.1 Å². The van der Waals surface area contributed by atoms with Crippen LogP contribution in [0.1, 0.15) is 19.4 Å². The van der Waals surface area contributed by atoms with Crippen molar-refractivity contribution in [1.82, 2.24) is 10.6 Å². The van der Waals surface area contributed by atoms with Gasteiger partial charge in [0.15, 0.2) is 5.96 Å². The second-order valence-corrected chi connectivity index (χ2v) is 5.92. The summed E-state index contributed by atoms with van der Waals surface area (Å²) in [6.07, 6.45) is 0. The molecule has 0 bridgehead atoms. The van der Waals surface area contributed by atoms with Gasteiger partial charge in [-0.05, 0) is 31.5 Å². The molecule has 0 saturated carbocycles. The molecule has 3 N–H and O–H groups in total. The van der Waals surface area contributed by atoms with E-state index in [2.05, 4.69) is 15.6 Å². The van der Waals surface area contributed by atoms with Crippen LogP contribution >= 0.6 is 24.0 Å². The van der Waals surface area contributed by atoms with Gasteiger partial charge in [-0.25, -0.2) is 4.99 Å². The second kappa shape index (κ2) is 11.7. The molecule has 0 aliphatic carbocycles. The van der Waals surface area contributed by atoms with Gasteiger partial charge < -0.3 is 20.5 Å². The predicted octanol–water partition coefficient (Wildman–Crippen LogP) is 3.15. The Morgan fingerprint density at radius 1 is 1.04 bits per heavy atom. The van der Waals surface area contributed by atoms with Crippen LogP contribution in [0.5, 0.6) is 5.75 Å². The Morgan fingerprint density at radius 3 is 2.27 bits per heavy atom. The Bertz CT molecular complexity index is 649. The zero-order valence-corrected chi connectivity index (χ0v) is 17.6.